The van der Waals surface area contributed by atoms with Crippen molar-refractivity contribution in [2.75, 3.05) is 20.6 Å². The SMILES string of the molecule is CCCCC(C#N)C/C=C/c1nc(C(=O)N[C@H](C(=O)NC)C(C)(C)C)c2n1CCCN(C)C2. The van der Waals surface area contributed by atoms with Crippen LogP contribution in [0, 0.1) is 22.7 Å². The summed E-state index contributed by atoms with van der Waals surface area (Å²) in [5.74, 6) is 0.154. The Labute approximate surface area is 198 Å². The van der Waals surface area contributed by atoms with Crippen molar-refractivity contribution in [3.63, 3.8) is 0 Å². The topological polar surface area (TPSA) is 103 Å². The standard InChI is InChI=1S/C25H40N6O2/c1-7-8-11-18(16-26)12-9-13-20-28-21(19-17-30(6)14-10-15-31(19)20)23(32)29-22(24(33)27-5)25(2,3)4/h9,13,18,22H,7-8,10-12,14-15,17H2,1-6H3,(H,27,33)(H,29,32)/b13-9+/t18?,22-/m1/s1. The number of rotatable bonds is 9. The minimum atomic E-state index is -0.676. The highest BCUT2D eigenvalue weighted by molar-refractivity contribution is 5.97. The van der Waals surface area contributed by atoms with Crippen molar-refractivity contribution in [1.82, 2.24) is 25.1 Å². The van der Waals surface area contributed by atoms with Gasteiger partial charge in [0.15, 0.2) is 5.69 Å². The lowest BCUT2D eigenvalue weighted by Crippen LogP contribution is -2.53. The van der Waals surface area contributed by atoms with E-state index < -0.39 is 11.5 Å². The predicted molar refractivity (Wildman–Crippen MR) is 130 cm³/mol. The zero-order valence-electron chi connectivity index (χ0n) is 21.1. The minimum Gasteiger partial charge on any atom is -0.357 e. The molecule has 1 aromatic rings. The first-order valence-electron chi connectivity index (χ1n) is 12.0. The molecule has 0 saturated heterocycles. The molecule has 0 bridgehead atoms. The van der Waals surface area contributed by atoms with Crippen molar-refractivity contribution in [2.24, 2.45) is 11.3 Å². The number of unbranched alkanes of at least 4 members (excludes halogenated alkanes) is 1. The number of nitrogens with zero attached hydrogens (tertiary/aromatic N) is 4. The van der Waals surface area contributed by atoms with Crippen LogP contribution in [0.2, 0.25) is 0 Å². The monoisotopic (exact) mass is 456 g/mol. The van der Waals surface area contributed by atoms with Gasteiger partial charge in [-0.3, -0.25) is 9.59 Å². The Kier molecular flexibility index (Phi) is 9.66. The third-order valence-electron chi connectivity index (χ3n) is 6.08. The molecule has 1 aliphatic heterocycles. The van der Waals surface area contributed by atoms with Gasteiger partial charge in [0.2, 0.25) is 5.91 Å². The van der Waals surface area contributed by atoms with Crippen molar-refractivity contribution in [2.45, 2.75) is 78.9 Å². The van der Waals surface area contributed by atoms with E-state index in [0.29, 0.717) is 18.7 Å². The van der Waals surface area contributed by atoms with E-state index in [4.69, 9.17) is 4.98 Å². The van der Waals surface area contributed by atoms with E-state index in [1.54, 1.807) is 7.05 Å². The molecule has 2 heterocycles. The van der Waals surface area contributed by atoms with Crippen molar-refractivity contribution in [3.05, 3.63) is 23.3 Å². The van der Waals surface area contributed by atoms with Crippen molar-refractivity contribution >= 4 is 17.9 Å². The highest BCUT2D eigenvalue weighted by Crippen LogP contribution is 2.23. The van der Waals surface area contributed by atoms with E-state index in [0.717, 1.165) is 50.3 Å². The number of nitriles is 1. The fraction of sp³-hybridized carbons (Fsp3) is 0.680. The van der Waals surface area contributed by atoms with Crippen LogP contribution in [0.15, 0.2) is 6.08 Å². The van der Waals surface area contributed by atoms with E-state index in [9.17, 15) is 14.9 Å². The maximum absolute atomic E-state index is 13.3. The molecule has 182 valence electrons. The van der Waals surface area contributed by atoms with E-state index >= 15 is 0 Å². The molecule has 2 atom stereocenters. The highest BCUT2D eigenvalue weighted by atomic mass is 16.2. The number of hydrogen-bond acceptors (Lipinski definition) is 5. The van der Waals surface area contributed by atoms with Crippen LogP contribution in [-0.2, 0) is 17.9 Å². The summed E-state index contributed by atoms with van der Waals surface area (Å²) < 4.78 is 2.11. The first-order valence-corrected chi connectivity index (χ1v) is 12.0. The summed E-state index contributed by atoms with van der Waals surface area (Å²) in [5.41, 5.74) is 0.778. The maximum Gasteiger partial charge on any atom is 0.272 e. The fourth-order valence-corrected chi connectivity index (χ4v) is 4.10. The predicted octanol–water partition coefficient (Wildman–Crippen LogP) is 3.34. The quantitative estimate of drug-likeness (QED) is 0.593. The van der Waals surface area contributed by atoms with Gasteiger partial charge in [0.1, 0.15) is 11.9 Å². The molecule has 0 fully saturated rings. The summed E-state index contributed by atoms with van der Waals surface area (Å²) in [6.45, 7) is 10.2. The number of amides is 2. The van der Waals surface area contributed by atoms with Crippen LogP contribution >= 0.6 is 0 Å². The van der Waals surface area contributed by atoms with Crippen LogP contribution < -0.4 is 10.6 Å². The van der Waals surface area contributed by atoms with Crippen LogP contribution in [0.5, 0.6) is 0 Å². The lowest BCUT2D eigenvalue weighted by Gasteiger charge is -2.29. The molecule has 8 heteroatoms. The number of carbonyl (C=O) groups is 2. The van der Waals surface area contributed by atoms with Gasteiger partial charge in [0.05, 0.1) is 11.8 Å². The molecule has 0 saturated carbocycles. The van der Waals surface area contributed by atoms with Gasteiger partial charge in [-0.25, -0.2) is 4.98 Å². The van der Waals surface area contributed by atoms with E-state index in [-0.39, 0.29) is 17.7 Å². The van der Waals surface area contributed by atoms with Crippen LogP contribution in [-0.4, -0.2) is 52.9 Å². The molecule has 1 aromatic heterocycles. The van der Waals surface area contributed by atoms with E-state index in [2.05, 4.69) is 33.1 Å². The molecule has 2 amide bonds. The lowest BCUT2D eigenvalue weighted by atomic mass is 9.86. The van der Waals surface area contributed by atoms with Gasteiger partial charge >= 0.3 is 0 Å². The Bertz CT molecular complexity index is 890. The molecule has 2 rings (SSSR count). The van der Waals surface area contributed by atoms with Crippen LogP contribution in [0.4, 0.5) is 0 Å². The second-order valence-corrected chi connectivity index (χ2v) is 10.0. The molecule has 0 spiro atoms. The Morgan fingerprint density at radius 1 is 1.30 bits per heavy atom. The molecule has 2 N–H and O–H groups in total. The van der Waals surface area contributed by atoms with Gasteiger partial charge in [-0.2, -0.15) is 5.26 Å². The highest BCUT2D eigenvalue weighted by Gasteiger charge is 2.34. The van der Waals surface area contributed by atoms with Crippen molar-refractivity contribution in [1.29, 1.82) is 5.26 Å². The molecular formula is C25H40N6O2. The smallest absolute Gasteiger partial charge is 0.272 e. The summed E-state index contributed by atoms with van der Waals surface area (Å²) >= 11 is 0. The van der Waals surface area contributed by atoms with Gasteiger partial charge in [-0.15, -0.1) is 0 Å². The van der Waals surface area contributed by atoms with Gasteiger partial charge in [-0.05, 0) is 44.3 Å². The molecule has 0 aromatic carbocycles. The fourth-order valence-electron chi connectivity index (χ4n) is 4.10. The second kappa shape index (κ2) is 12.0. The summed E-state index contributed by atoms with van der Waals surface area (Å²) in [6.07, 6.45) is 8.57. The van der Waals surface area contributed by atoms with Crippen molar-refractivity contribution in [3.8, 4) is 6.07 Å². The third kappa shape index (κ3) is 7.16. The number of aromatic nitrogens is 2. The first kappa shape index (κ1) is 26.6. The molecule has 8 nitrogen and oxygen atoms in total. The molecule has 33 heavy (non-hydrogen) atoms. The average molecular weight is 457 g/mol. The molecular weight excluding hydrogens is 416 g/mol. The molecule has 1 aliphatic rings. The molecule has 0 radical (unpaired) electrons. The van der Waals surface area contributed by atoms with Gasteiger partial charge in [-0.1, -0.05) is 46.6 Å². The lowest BCUT2D eigenvalue weighted by molar-refractivity contribution is -0.124. The molecule has 0 aliphatic carbocycles. The minimum absolute atomic E-state index is 0.00577. The Balaban J connectivity index is 2.34. The van der Waals surface area contributed by atoms with Gasteiger partial charge < -0.3 is 20.1 Å². The zero-order valence-corrected chi connectivity index (χ0v) is 21.1. The van der Waals surface area contributed by atoms with Gasteiger partial charge in [0, 0.05) is 26.1 Å². The maximum atomic E-state index is 13.3. The van der Waals surface area contributed by atoms with Crippen molar-refractivity contribution < 1.29 is 9.59 Å². The number of fused-ring (bicyclic) bond motifs is 1. The number of nitrogens with one attached hydrogen (secondary N) is 2. The number of likely N-dealkylation sites (N-methyl/N-ethyl adjacent to an activating group) is 1. The normalized spacial score (nSPS) is 16.5. The Hall–Kier alpha value is -2.66. The summed E-state index contributed by atoms with van der Waals surface area (Å²) in [4.78, 5) is 32.6. The Morgan fingerprint density at radius 2 is 2.03 bits per heavy atom. The Morgan fingerprint density at radius 3 is 2.64 bits per heavy atom. The summed E-state index contributed by atoms with van der Waals surface area (Å²) in [7, 11) is 3.61. The first-order chi connectivity index (χ1) is 15.6. The van der Waals surface area contributed by atoms with Gasteiger partial charge in [0.25, 0.3) is 5.91 Å². The van der Waals surface area contributed by atoms with E-state index in [1.807, 2.05) is 40.0 Å². The average Bonchev–Trinajstić information content (AvgIpc) is 2.97. The largest absolute Gasteiger partial charge is 0.357 e. The summed E-state index contributed by atoms with van der Waals surface area (Å²) in [5, 5.41) is 15.0. The second-order valence-electron chi connectivity index (χ2n) is 10.0. The van der Waals surface area contributed by atoms with Crippen LogP contribution in [0.3, 0.4) is 0 Å². The summed E-state index contributed by atoms with van der Waals surface area (Å²) in [6, 6.07) is 1.71. The number of hydrogen-bond donors (Lipinski definition) is 2. The zero-order chi connectivity index (χ0) is 24.6. The van der Waals surface area contributed by atoms with Crippen LogP contribution in [0.25, 0.3) is 6.08 Å². The number of imidazole rings is 1. The third-order valence-corrected chi connectivity index (χ3v) is 6.08. The van der Waals surface area contributed by atoms with E-state index in [1.165, 1.54) is 0 Å². The number of allylic oxidation sites excluding steroid dienone is 1. The number of carbonyl (C=O) groups excluding carboxylic acids is 2. The molecule has 1 unspecified atom stereocenters. The van der Waals surface area contributed by atoms with Crippen LogP contribution in [0.1, 0.15) is 81.8 Å².